The molecule has 3 saturated carbocycles. The van der Waals surface area contributed by atoms with E-state index in [-0.39, 0.29) is 46.4 Å². The minimum atomic E-state index is -0.385. The van der Waals surface area contributed by atoms with Crippen molar-refractivity contribution in [3.8, 4) is 28.0 Å². The Hall–Kier alpha value is -5.75. The zero-order valence-electron chi connectivity index (χ0n) is 30.5. The Morgan fingerprint density at radius 3 is 2.55 bits per heavy atom. The van der Waals surface area contributed by atoms with E-state index in [0.29, 0.717) is 37.8 Å². The number of primary amides is 1. The fourth-order valence-electron chi connectivity index (χ4n) is 9.67. The summed E-state index contributed by atoms with van der Waals surface area (Å²) < 4.78 is 1.79. The Morgan fingerprint density at radius 2 is 1.84 bits per heavy atom. The van der Waals surface area contributed by atoms with Gasteiger partial charge in [0.15, 0.2) is 5.01 Å². The number of hydrogen-bond acceptors (Lipinski definition) is 12. The van der Waals surface area contributed by atoms with E-state index in [1.807, 2.05) is 43.6 Å². The number of carbonyl (C=O) groups excluding carboxylic acids is 3. The monoisotopic (exact) mass is 755 g/mol. The molecule has 7 heterocycles. The van der Waals surface area contributed by atoms with E-state index >= 15 is 0 Å². The van der Waals surface area contributed by atoms with Gasteiger partial charge in [0, 0.05) is 55.5 Å². The van der Waals surface area contributed by atoms with Crippen LogP contribution >= 0.6 is 11.3 Å². The summed E-state index contributed by atoms with van der Waals surface area (Å²) in [6, 6.07) is 13.9. The highest BCUT2D eigenvalue weighted by atomic mass is 32.1. The van der Waals surface area contributed by atoms with Gasteiger partial charge in [-0.1, -0.05) is 17.4 Å². The van der Waals surface area contributed by atoms with E-state index in [0.717, 1.165) is 88.1 Å². The number of nitrogens with one attached hydrogen (secondary N) is 2. The van der Waals surface area contributed by atoms with Gasteiger partial charge in [-0.05, 0) is 99.1 Å². The van der Waals surface area contributed by atoms with Crippen molar-refractivity contribution in [2.24, 2.45) is 17.1 Å². The number of nitriles is 1. The Bertz CT molecular complexity index is 2360. The molecule has 15 heteroatoms. The van der Waals surface area contributed by atoms with Crippen molar-refractivity contribution < 1.29 is 14.4 Å². The van der Waals surface area contributed by atoms with Crippen molar-refractivity contribution in [3.05, 3.63) is 71.1 Å². The number of piperidine rings is 2. The molecule has 5 aliphatic rings. The molecule has 14 nitrogen and oxygen atoms in total. The standard InChI is InChI=1S/C40H41N11O3S/c1-43-29-18-30(31-5-3-26-16-23(19-41)20-46-51(26)31)44-22-28(29)37-48-49-38(55-37)40-12-9-39(10-13-40,11-14-40)32-17-24(35(42)53)8-15-50(32)33-6-2-25(21-45-33)27-4-7-34(52)47-36(27)54/h2-3,5-6,16,18,20-22,24,27,32H,4,7-15,17H2,1H3,(H2,42,53)(H,43,44)(H,47,52,54)/t24?,27-,32?,39?,40?/m1/s1. The van der Waals surface area contributed by atoms with Crippen LogP contribution in [0.2, 0.25) is 0 Å². The van der Waals surface area contributed by atoms with Gasteiger partial charge in [0.2, 0.25) is 17.7 Å². The van der Waals surface area contributed by atoms with E-state index in [1.165, 1.54) is 0 Å². The summed E-state index contributed by atoms with van der Waals surface area (Å²) in [6.07, 6.45) is 13.4. The van der Waals surface area contributed by atoms with Crippen LogP contribution in [0.4, 0.5) is 11.5 Å². The van der Waals surface area contributed by atoms with Gasteiger partial charge in [-0.2, -0.15) is 10.4 Å². The number of nitrogens with two attached hydrogens (primary N) is 1. The number of pyridine rings is 2. The maximum atomic E-state index is 12.5. The first kappa shape index (κ1) is 35.0. The lowest BCUT2D eigenvalue weighted by Gasteiger charge is -2.59. The van der Waals surface area contributed by atoms with Crippen molar-refractivity contribution in [1.29, 1.82) is 5.26 Å². The SMILES string of the molecule is CNc1cc(-c2ccc3cc(C#N)cnn23)ncc1-c1nnc(C23CCC(C4CC(C(N)=O)CCN4c4ccc([C@H]5CCC(=O)NC5=O)cn4)(CC2)CC3)s1. The molecule has 5 aromatic rings. The molecule has 4 N–H and O–H groups in total. The van der Waals surface area contributed by atoms with Gasteiger partial charge in [0.05, 0.1) is 40.1 Å². The number of amides is 3. The topological polar surface area (TPSA) is 197 Å². The summed E-state index contributed by atoms with van der Waals surface area (Å²) >= 11 is 1.65. The Kier molecular flexibility index (Phi) is 8.60. The van der Waals surface area contributed by atoms with E-state index in [4.69, 9.17) is 25.9 Å². The van der Waals surface area contributed by atoms with Crippen LogP contribution < -0.4 is 21.3 Å². The third-order valence-electron chi connectivity index (χ3n) is 12.9. The maximum absolute atomic E-state index is 12.5. The van der Waals surface area contributed by atoms with Crippen molar-refractivity contribution in [2.45, 2.75) is 81.6 Å². The zero-order chi connectivity index (χ0) is 37.9. The van der Waals surface area contributed by atoms with E-state index in [9.17, 15) is 19.6 Å². The third kappa shape index (κ3) is 5.99. The summed E-state index contributed by atoms with van der Waals surface area (Å²) in [5.74, 6) is -0.448. The van der Waals surface area contributed by atoms with Gasteiger partial charge in [0.25, 0.3) is 0 Å². The maximum Gasteiger partial charge on any atom is 0.234 e. The van der Waals surface area contributed by atoms with E-state index < -0.39 is 0 Å². The van der Waals surface area contributed by atoms with Gasteiger partial charge in [0.1, 0.15) is 16.9 Å². The molecule has 5 fully saturated rings. The number of anilines is 2. The molecule has 0 aromatic carbocycles. The molecule has 3 atom stereocenters. The Labute approximate surface area is 321 Å². The molecule has 280 valence electrons. The lowest BCUT2D eigenvalue weighted by molar-refractivity contribution is -0.134. The summed E-state index contributed by atoms with van der Waals surface area (Å²) in [5, 5.41) is 30.9. The smallest absolute Gasteiger partial charge is 0.234 e. The van der Waals surface area contributed by atoms with Crippen LogP contribution in [-0.2, 0) is 19.8 Å². The summed E-state index contributed by atoms with van der Waals surface area (Å²) in [7, 11) is 1.89. The van der Waals surface area contributed by atoms with Gasteiger partial charge < -0.3 is 16.0 Å². The average Bonchev–Trinajstić information content (AvgIpc) is 3.90. The number of fused-ring (bicyclic) bond motifs is 4. The lowest BCUT2D eigenvalue weighted by Crippen LogP contribution is -2.59. The molecule has 2 bridgehead atoms. The number of carbonyl (C=O) groups is 3. The van der Waals surface area contributed by atoms with Crippen molar-refractivity contribution in [1.82, 2.24) is 35.1 Å². The predicted molar refractivity (Wildman–Crippen MR) is 206 cm³/mol. The summed E-state index contributed by atoms with van der Waals surface area (Å²) in [6.45, 7) is 0.690. The average molecular weight is 756 g/mol. The lowest BCUT2D eigenvalue weighted by atomic mass is 9.50. The molecule has 3 aliphatic carbocycles. The first-order valence-corrected chi connectivity index (χ1v) is 19.8. The quantitative estimate of drug-likeness (QED) is 0.178. The van der Waals surface area contributed by atoms with E-state index in [1.54, 1.807) is 34.3 Å². The fraction of sp³-hybridized carbons (Fsp3) is 0.425. The first-order valence-electron chi connectivity index (χ1n) is 19.0. The minimum absolute atomic E-state index is 0.0143. The molecule has 0 spiro atoms. The fourth-order valence-corrected chi connectivity index (χ4v) is 10.8. The molecule has 3 amide bonds. The minimum Gasteiger partial charge on any atom is -0.387 e. The van der Waals surface area contributed by atoms with Crippen molar-refractivity contribution >= 4 is 46.1 Å². The molecule has 5 aromatic heterocycles. The third-order valence-corrected chi connectivity index (χ3v) is 14.1. The molecular formula is C40H41N11O3S. The molecule has 55 heavy (non-hydrogen) atoms. The highest BCUT2D eigenvalue weighted by Crippen LogP contribution is 2.61. The van der Waals surface area contributed by atoms with Gasteiger partial charge in [-0.25, -0.2) is 9.50 Å². The van der Waals surface area contributed by atoms with Crippen molar-refractivity contribution in [3.63, 3.8) is 0 Å². The number of hydrogen-bond donors (Lipinski definition) is 3. The van der Waals surface area contributed by atoms with Crippen LogP contribution in [0.1, 0.15) is 86.3 Å². The molecule has 0 radical (unpaired) electrons. The van der Waals surface area contributed by atoms with Gasteiger partial charge in [-0.15, -0.1) is 10.2 Å². The Balaban J connectivity index is 0.941. The second-order valence-electron chi connectivity index (χ2n) is 15.6. The zero-order valence-corrected chi connectivity index (χ0v) is 31.3. The van der Waals surface area contributed by atoms with Crippen molar-refractivity contribution in [2.75, 3.05) is 23.8 Å². The summed E-state index contributed by atoms with van der Waals surface area (Å²) in [5.41, 5.74) is 11.4. The second-order valence-corrected chi connectivity index (χ2v) is 16.6. The number of imide groups is 1. The number of rotatable bonds is 8. The molecule has 2 aliphatic heterocycles. The molecular weight excluding hydrogens is 715 g/mol. The van der Waals surface area contributed by atoms with Crippen LogP contribution in [0.25, 0.3) is 27.5 Å². The van der Waals surface area contributed by atoms with Crippen LogP contribution in [0.15, 0.2) is 55.0 Å². The van der Waals surface area contributed by atoms with Crippen LogP contribution in [0.5, 0.6) is 0 Å². The normalized spacial score (nSPS) is 26.5. The highest BCUT2D eigenvalue weighted by Gasteiger charge is 2.56. The van der Waals surface area contributed by atoms with Crippen LogP contribution in [0, 0.1) is 22.7 Å². The number of nitrogens with zero attached hydrogens (tertiary/aromatic N) is 8. The van der Waals surface area contributed by atoms with E-state index in [2.05, 4.69) is 26.7 Å². The largest absolute Gasteiger partial charge is 0.387 e. The predicted octanol–water partition coefficient (Wildman–Crippen LogP) is 5.11. The Morgan fingerprint density at radius 1 is 1.02 bits per heavy atom. The second kappa shape index (κ2) is 13.5. The number of aromatic nitrogens is 6. The summed E-state index contributed by atoms with van der Waals surface area (Å²) in [4.78, 5) is 48.9. The van der Waals surface area contributed by atoms with Crippen LogP contribution in [0.3, 0.4) is 0 Å². The first-order chi connectivity index (χ1) is 26.7. The van der Waals surface area contributed by atoms with Crippen LogP contribution in [-0.4, -0.2) is 67.1 Å². The molecule has 10 rings (SSSR count). The molecule has 2 unspecified atom stereocenters. The molecule has 2 saturated heterocycles. The van der Waals surface area contributed by atoms with Gasteiger partial charge >= 0.3 is 0 Å². The highest BCUT2D eigenvalue weighted by molar-refractivity contribution is 7.14. The van der Waals surface area contributed by atoms with Gasteiger partial charge in [-0.3, -0.25) is 24.7 Å².